The molecule has 1 atom stereocenters. The Kier molecular flexibility index (Phi) is 3.71. The van der Waals surface area contributed by atoms with Crippen LogP contribution in [-0.4, -0.2) is 22.5 Å². The maximum atomic E-state index is 10.8. The number of fused-ring (bicyclic) bond motifs is 1. The highest BCUT2D eigenvalue weighted by Crippen LogP contribution is 2.31. The number of furan rings is 1. The highest BCUT2D eigenvalue weighted by molar-refractivity contribution is 6.31. The van der Waals surface area contributed by atoms with Crippen molar-refractivity contribution < 1.29 is 19.2 Å². The van der Waals surface area contributed by atoms with Crippen molar-refractivity contribution in [3.8, 4) is 0 Å². The molecule has 1 unspecified atom stereocenters. The predicted molar refractivity (Wildman–Crippen MR) is 68.1 cm³/mol. The van der Waals surface area contributed by atoms with Crippen molar-refractivity contribution in [2.45, 2.75) is 12.3 Å². The fourth-order valence-electron chi connectivity index (χ4n) is 1.99. The molecule has 0 radical (unpaired) electrons. The topological polar surface area (TPSA) is 93.6 Å². The Labute approximate surface area is 112 Å². The van der Waals surface area contributed by atoms with Crippen molar-refractivity contribution >= 4 is 28.3 Å². The summed E-state index contributed by atoms with van der Waals surface area (Å²) in [7, 11) is 0. The molecule has 0 aliphatic heterocycles. The summed E-state index contributed by atoms with van der Waals surface area (Å²) in [4.78, 5) is 20.9. The summed E-state index contributed by atoms with van der Waals surface area (Å²) in [5.41, 5.74) is 0. The second-order valence-corrected chi connectivity index (χ2v) is 4.58. The van der Waals surface area contributed by atoms with Gasteiger partial charge in [-0.2, -0.15) is 0 Å². The van der Waals surface area contributed by atoms with Gasteiger partial charge in [0, 0.05) is 20.7 Å². The molecule has 6 nitrogen and oxygen atoms in total. The molecule has 1 aromatic carbocycles. The second kappa shape index (κ2) is 5.27. The number of hydrogen-bond donors (Lipinski definition) is 1. The molecule has 7 heteroatoms. The quantitative estimate of drug-likeness (QED) is 0.672. The number of rotatable bonds is 5. The molecule has 0 bridgehead atoms. The number of nitro groups is 1. The van der Waals surface area contributed by atoms with Crippen LogP contribution in [0.5, 0.6) is 0 Å². The van der Waals surface area contributed by atoms with E-state index in [9.17, 15) is 14.9 Å². The largest absolute Gasteiger partial charge is 0.481 e. The lowest BCUT2D eigenvalue weighted by Crippen LogP contribution is -2.15. The molecule has 2 rings (SSSR count). The van der Waals surface area contributed by atoms with Crippen LogP contribution in [0, 0.1) is 10.1 Å². The molecule has 2 aromatic rings. The summed E-state index contributed by atoms with van der Waals surface area (Å²) < 4.78 is 5.31. The lowest BCUT2D eigenvalue weighted by atomic mass is 9.99. The van der Waals surface area contributed by atoms with E-state index in [2.05, 4.69) is 0 Å². The van der Waals surface area contributed by atoms with Gasteiger partial charge in [0.2, 0.25) is 6.54 Å². The third-order valence-corrected chi connectivity index (χ3v) is 2.99. The number of carbonyl (C=O) groups is 1. The highest BCUT2D eigenvalue weighted by Gasteiger charge is 2.26. The summed E-state index contributed by atoms with van der Waals surface area (Å²) >= 11 is 5.83. The predicted octanol–water partition coefficient (Wildman–Crippen LogP) is 2.92. The summed E-state index contributed by atoms with van der Waals surface area (Å²) in [5, 5.41) is 21.3. The van der Waals surface area contributed by atoms with Crippen LogP contribution >= 0.6 is 11.6 Å². The minimum atomic E-state index is -1.11. The number of aliphatic carboxylic acids is 1. The molecule has 0 fully saturated rings. The van der Waals surface area contributed by atoms with Crippen molar-refractivity contribution in [3.63, 3.8) is 0 Å². The molecule has 0 saturated carbocycles. The standard InChI is InChI=1S/C12H10ClNO5/c13-9-1-2-10-8(3-9)6-19-12(10)7(4-11(15)16)5-14(17)18/h1-3,6-7H,4-5H2,(H,15,16). The zero-order valence-electron chi connectivity index (χ0n) is 9.71. The number of nitrogens with zero attached hydrogens (tertiary/aromatic N) is 1. The van der Waals surface area contributed by atoms with Gasteiger partial charge in [0.25, 0.3) is 0 Å². The van der Waals surface area contributed by atoms with Crippen LogP contribution in [-0.2, 0) is 4.79 Å². The molecule has 100 valence electrons. The van der Waals surface area contributed by atoms with Gasteiger partial charge in [-0.3, -0.25) is 14.9 Å². The Hall–Kier alpha value is -2.08. The highest BCUT2D eigenvalue weighted by atomic mass is 35.5. The van der Waals surface area contributed by atoms with E-state index in [0.29, 0.717) is 21.6 Å². The monoisotopic (exact) mass is 283 g/mol. The smallest absolute Gasteiger partial charge is 0.304 e. The lowest BCUT2D eigenvalue weighted by molar-refractivity contribution is -0.483. The van der Waals surface area contributed by atoms with Gasteiger partial charge in [0.05, 0.1) is 18.6 Å². The zero-order valence-corrected chi connectivity index (χ0v) is 10.5. The van der Waals surface area contributed by atoms with Gasteiger partial charge >= 0.3 is 5.97 Å². The molecule has 0 amide bonds. The summed E-state index contributed by atoms with van der Waals surface area (Å²) in [6.07, 6.45) is 1.07. The second-order valence-electron chi connectivity index (χ2n) is 4.14. The molecular weight excluding hydrogens is 274 g/mol. The molecule has 0 aliphatic rings. The van der Waals surface area contributed by atoms with Crippen LogP contribution < -0.4 is 0 Å². The Morgan fingerprint density at radius 2 is 2.26 bits per heavy atom. The Morgan fingerprint density at radius 1 is 1.53 bits per heavy atom. The molecule has 0 saturated heterocycles. The first-order chi connectivity index (χ1) is 8.97. The van der Waals surface area contributed by atoms with E-state index in [1.54, 1.807) is 18.2 Å². The Balaban J connectivity index is 2.43. The number of benzene rings is 1. The van der Waals surface area contributed by atoms with Crippen molar-refractivity contribution in [2.24, 2.45) is 0 Å². The average Bonchev–Trinajstić information content (AvgIpc) is 2.69. The summed E-state index contributed by atoms with van der Waals surface area (Å²) in [6, 6.07) is 4.96. The fraction of sp³-hybridized carbons (Fsp3) is 0.250. The van der Waals surface area contributed by atoms with Crippen LogP contribution in [0.15, 0.2) is 28.9 Å². The van der Waals surface area contributed by atoms with Gasteiger partial charge in [-0.05, 0) is 18.2 Å². The number of carboxylic acid groups (broad SMARTS) is 1. The van der Waals surface area contributed by atoms with Gasteiger partial charge in [-0.25, -0.2) is 0 Å². The third-order valence-electron chi connectivity index (χ3n) is 2.75. The fourth-order valence-corrected chi connectivity index (χ4v) is 2.17. The van der Waals surface area contributed by atoms with Crippen molar-refractivity contribution in [1.82, 2.24) is 0 Å². The minimum absolute atomic E-state index is 0.311. The van der Waals surface area contributed by atoms with Gasteiger partial charge in [0.15, 0.2) is 0 Å². The zero-order chi connectivity index (χ0) is 14.0. The number of carboxylic acids is 1. The maximum Gasteiger partial charge on any atom is 0.304 e. The van der Waals surface area contributed by atoms with E-state index >= 15 is 0 Å². The van der Waals surface area contributed by atoms with Crippen LogP contribution in [0.1, 0.15) is 18.1 Å². The van der Waals surface area contributed by atoms with Crippen molar-refractivity contribution in [2.75, 3.05) is 6.54 Å². The first kappa shape index (κ1) is 13.4. The first-order valence-electron chi connectivity index (χ1n) is 5.47. The van der Waals surface area contributed by atoms with Crippen LogP contribution in [0.4, 0.5) is 0 Å². The lowest BCUT2D eigenvalue weighted by Gasteiger charge is -2.07. The molecule has 1 N–H and O–H groups in total. The molecular formula is C12H10ClNO5. The summed E-state index contributed by atoms with van der Waals surface area (Å²) in [6.45, 7) is -0.489. The van der Waals surface area contributed by atoms with Crippen LogP contribution in [0.2, 0.25) is 5.02 Å². The van der Waals surface area contributed by atoms with E-state index in [0.717, 1.165) is 0 Å². The van der Waals surface area contributed by atoms with Gasteiger partial charge in [-0.1, -0.05) is 11.6 Å². The van der Waals surface area contributed by atoms with E-state index in [4.69, 9.17) is 21.1 Å². The molecule has 1 heterocycles. The van der Waals surface area contributed by atoms with E-state index < -0.39 is 23.4 Å². The number of halogens is 1. The molecule has 0 aliphatic carbocycles. The van der Waals surface area contributed by atoms with Crippen molar-refractivity contribution in [3.05, 3.63) is 45.4 Å². The van der Waals surface area contributed by atoms with E-state index in [1.165, 1.54) is 6.26 Å². The molecule has 0 spiro atoms. The van der Waals surface area contributed by atoms with E-state index in [-0.39, 0.29) is 6.42 Å². The van der Waals surface area contributed by atoms with Gasteiger partial charge in [-0.15, -0.1) is 0 Å². The van der Waals surface area contributed by atoms with Crippen molar-refractivity contribution in [1.29, 1.82) is 0 Å². The Bertz CT molecular complexity index is 620. The molecule has 19 heavy (non-hydrogen) atoms. The Morgan fingerprint density at radius 3 is 2.89 bits per heavy atom. The van der Waals surface area contributed by atoms with E-state index in [1.807, 2.05) is 0 Å². The normalized spacial score (nSPS) is 12.5. The minimum Gasteiger partial charge on any atom is -0.481 e. The SMILES string of the molecule is O=C(O)CC(C[N+](=O)[O-])c1occ2cc(Cl)ccc12. The third kappa shape index (κ3) is 3.03. The van der Waals surface area contributed by atoms with Crippen LogP contribution in [0.25, 0.3) is 10.8 Å². The molecule has 1 aromatic heterocycles. The first-order valence-corrected chi connectivity index (χ1v) is 5.85. The summed E-state index contributed by atoms with van der Waals surface area (Å²) in [5.74, 6) is -1.60. The van der Waals surface area contributed by atoms with Crippen LogP contribution in [0.3, 0.4) is 0 Å². The average molecular weight is 284 g/mol. The maximum absolute atomic E-state index is 10.8. The van der Waals surface area contributed by atoms with Gasteiger partial charge < -0.3 is 9.52 Å². The van der Waals surface area contributed by atoms with Gasteiger partial charge in [0.1, 0.15) is 5.76 Å². The number of hydrogen-bond acceptors (Lipinski definition) is 4.